The maximum absolute atomic E-state index is 11.7. The van der Waals surface area contributed by atoms with Crippen molar-refractivity contribution in [3.8, 4) is 6.07 Å². The summed E-state index contributed by atoms with van der Waals surface area (Å²) in [6.07, 6.45) is -0.765. The number of aryl methyl sites for hydroxylation is 2. The second kappa shape index (κ2) is 3.58. The second-order valence-electron chi connectivity index (χ2n) is 4.64. The molecular formula is C15H11NO2. The molecule has 1 aliphatic rings. The Balaban J connectivity index is 2.34. The highest BCUT2D eigenvalue weighted by atomic mass is 16.5. The van der Waals surface area contributed by atoms with Crippen molar-refractivity contribution in [2.75, 3.05) is 0 Å². The van der Waals surface area contributed by atoms with Crippen LogP contribution < -0.4 is 0 Å². The SMILES string of the molecule is Cc1cc2cc3c(cc2cc1C)C(C#N)OC3=O. The van der Waals surface area contributed by atoms with Gasteiger partial charge < -0.3 is 4.74 Å². The summed E-state index contributed by atoms with van der Waals surface area (Å²) >= 11 is 0. The van der Waals surface area contributed by atoms with Gasteiger partial charge in [0.2, 0.25) is 6.10 Å². The largest absolute Gasteiger partial charge is 0.438 e. The molecule has 1 aliphatic heterocycles. The number of carbonyl (C=O) groups is 1. The van der Waals surface area contributed by atoms with Crippen LogP contribution in [-0.2, 0) is 4.74 Å². The van der Waals surface area contributed by atoms with Crippen molar-refractivity contribution < 1.29 is 9.53 Å². The third-order valence-corrected chi connectivity index (χ3v) is 3.47. The molecule has 0 fully saturated rings. The third-order valence-electron chi connectivity index (χ3n) is 3.47. The molecule has 1 atom stereocenters. The first-order valence-electron chi connectivity index (χ1n) is 5.75. The number of hydrogen-bond donors (Lipinski definition) is 0. The van der Waals surface area contributed by atoms with Crippen LogP contribution in [0.2, 0.25) is 0 Å². The number of carbonyl (C=O) groups excluding carboxylic acids is 1. The average Bonchev–Trinajstić information content (AvgIpc) is 2.65. The van der Waals surface area contributed by atoms with E-state index in [9.17, 15) is 4.79 Å². The molecule has 0 radical (unpaired) electrons. The molecule has 1 unspecified atom stereocenters. The van der Waals surface area contributed by atoms with Crippen LogP contribution in [0.4, 0.5) is 0 Å². The monoisotopic (exact) mass is 237 g/mol. The van der Waals surface area contributed by atoms with E-state index in [-0.39, 0.29) is 0 Å². The minimum Gasteiger partial charge on any atom is -0.438 e. The predicted octanol–water partition coefficient (Wildman–Crippen LogP) is 3.19. The van der Waals surface area contributed by atoms with E-state index in [4.69, 9.17) is 10.00 Å². The lowest BCUT2D eigenvalue weighted by Gasteiger charge is -2.06. The minimum absolute atomic E-state index is 0.406. The maximum Gasteiger partial charge on any atom is 0.340 e. The quantitative estimate of drug-likeness (QED) is 0.661. The molecular weight excluding hydrogens is 226 g/mol. The van der Waals surface area contributed by atoms with Gasteiger partial charge in [-0.05, 0) is 47.9 Å². The van der Waals surface area contributed by atoms with Gasteiger partial charge in [-0.25, -0.2) is 4.79 Å². The molecule has 3 nitrogen and oxygen atoms in total. The summed E-state index contributed by atoms with van der Waals surface area (Å²) in [4.78, 5) is 11.7. The lowest BCUT2D eigenvalue weighted by Crippen LogP contribution is -1.95. The summed E-state index contributed by atoms with van der Waals surface area (Å²) in [6, 6.07) is 9.82. The van der Waals surface area contributed by atoms with Crippen molar-refractivity contribution in [3.05, 3.63) is 46.5 Å². The van der Waals surface area contributed by atoms with E-state index in [1.54, 1.807) is 0 Å². The van der Waals surface area contributed by atoms with Gasteiger partial charge in [0.15, 0.2) is 0 Å². The second-order valence-corrected chi connectivity index (χ2v) is 4.64. The summed E-state index contributed by atoms with van der Waals surface area (Å²) in [7, 11) is 0. The summed E-state index contributed by atoms with van der Waals surface area (Å²) in [5.74, 6) is -0.406. The molecule has 2 aromatic rings. The normalized spacial score (nSPS) is 17.4. The number of nitriles is 1. The molecule has 2 aromatic carbocycles. The van der Waals surface area contributed by atoms with Gasteiger partial charge in [-0.15, -0.1) is 0 Å². The summed E-state index contributed by atoms with van der Waals surface area (Å²) in [6.45, 7) is 4.09. The van der Waals surface area contributed by atoms with E-state index in [0.717, 1.165) is 10.8 Å². The molecule has 0 N–H and O–H groups in total. The Hall–Kier alpha value is -2.34. The zero-order chi connectivity index (χ0) is 12.9. The maximum atomic E-state index is 11.7. The Morgan fingerprint density at radius 1 is 1.11 bits per heavy atom. The van der Waals surface area contributed by atoms with Crippen molar-refractivity contribution in [2.45, 2.75) is 20.0 Å². The van der Waals surface area contributed by atoms with Gasteiger partial charge in [-0.3, -0.25) is 0 Å². The van der Waals surface area contributed by atoms with E-state index in [0.29, 0.717) is 11.1 Å². The Bertz CT molecular complexity index is 725. The smallest absolute Gasteiger partial charge is 0.340 e. The Kier molecular flexibility index (Phi) is 2.14. The molecule has 0 saturated carbocycles. The first-order chi connectivity index (χ1) is 8.60. The van der Waals surface area contributed by atoms with Gasteiger partial charge in [0, 0.05) is 5.56 Å². The van der Waals surface area contributed by atoms with Gasteiger partial charge in [0.05, 0.1) is 5.56 Å². The highest BCUT2D eigenvalue weighted by Gasteiger charge is 2.31. The third kappa shape index (κ3) is 1.39. The number of nitrogens with zero attached hydrogens (tertiary/aromatic N) is 1. The predicted molar refractivity (Wildman–Crippen MR) is 67.2 cm³/mol. The van der Waals surface area contributed by atoms with E-state index in [1.807, 2.05) is 32.0 Å². The molecule has 0 bridgehead atoms. The molecule has 0 aliphatic carbocycles. The number of rotatable bonds is 0. The number of ether oxygens (including phenoxy) is 1. The van der Waals surface area contributed by atoms with Crippen LogP contribution in [-0.4, -0.2) is 5.97 Å². The van der Waals surface area contributed by atoms with Crippen LogP contribution in [0.15, 0.2) is 24.3 Å². The number of hydrogen-bond acceptors (Lipinski definition) is 3. The van der Waals surface area contributed by atoms with E-state index in [2.05, 4.69) is 12.1 Å². The number of benzene rings is 2. The van der Waals surface area contributed by atoms with Crippen molar-refractivity contribution in [2.24, 2.45) is 0 Å². The van der Waals surface area contributed by atoms with Crippen LogP contribution in [0.5, 0.6) is 0 Å². The molecule has 0 amide bonds. The number of fused-ring (bicyclic) bond motifs is 2. The summed E-state index contributed by atoms with van der Waals surface area (Å²) in [5, 5.41) is 11.0. The Morgan fingerprint density at radius 3 is 2.33 bits per heavy atom. The summed E-state index contributed by atoms with van der Waals surface area (Å²) < 4.78 is 5.01. The fourth-order valence-corrected chi connectivity index (χ4v) is 2.32. The molecule has 88 valence electrons. The number of cyclic esters (lactones) is 1. The van der Waals surface area contributed by atoms with Gasteiger partial charge in [0.25, 0.3) is 0 Å². The molecule has 0 saturated heterocycles. The van der Waals surface area contributed by atoms with Gasteiger partial charge in [-0.1, -0.05) is 12.1 Å². The van der Waals surface area contributed by atoms with E-state index >= 15 is 0 Å². The first kappa shape index (κ1) is 10.8. The first-order valence-corrected chi connectivity index (χ1v) is 5.75. The van der Waals surface area contributed by atoms with E-state index < -0.39 is 12.1 Å². The van der Waals surface area contributed by atoms with Gasteiger partial charge >= 0.3 is 5.97 Å². The van der Waals surface area contributed by atoms with Crippen molar-refractivity contribution >= 4 is 16.7 Å². The lowest BCUT2D eigenvalue weighted by molar-refractivity contribution is 0.0478. The molecule has 0 spiro atoms. The Labute approximate surface area is 105 Å². The van der Waals surface area contributed by atoms with Crippen LogP contribution in [0.3, 0.4) is 0 Å². The fourth-order valence-electron chi connectivity index (χ4n) is 2.32. The average molecular weight is 237 g/mol. The molecule has 3 rings (SSSR count). The fraction of sp³-hybridized carbons (Fsp3) is 0.200. The standard InChI is InChI=1S/C15H11NO2/c1-8-3-10-5-12-13(6-11(10)4-9(8)2)15(17)18-14(12)7-16/h3-6,14H,1-2H3. The van der Waals surface area contributed by atoms with Crippen molar-refractivity contribution in [3.63, 3.8) is 0 Å². The highest BCUT2D eigenvalue weighted by molar-refractivity contribution is 6.00. The topological polar surface area (TPSA) is 50.1 Å². The molecule has 1 heterocycles. The van der Waals surface area contributed by atoms with E-state index in [1.165, 1.54) is 11.1 Å². The van der Waals surface area contributed by atoms with Crippen LogP contribution >= 0.6 is 0 Å². The van der Waals surface area contributed by atoms with Gasteiger partial charge in [-0.2, -0.15) is 5.26 Å². The Morgan fingerprint density at radius 2 is 1.72 bits per heavy atom. The molecule has 0 aromatic heterocycles. The van der Waals surface area contributed by atoms with Crippen LogP contribution in [0.25, 0.3) is 10.8 Å². The highest BCUT2D eigenvalue weighted by Crippen LogP contribution is 2.34. The lowest BCUT2D eigenvalue weighted by atomic mass is 9.96. The molecule has 3 heteroatoms. The zero-order valence-corrected chi connectivity index (χ0v) is 10.2. The molecule has 18 heavy (non-hydrogen) atoms. The van der Waals surface area contributed by atoms with Crippen LogP contribution in [0, 0.1) is 25.2 Å². The van der Waals surface area contributed by atoms with Crippen LogP contribution in [0.1, 0.15) is 33.2 Å². The number of esters is 1. The minimum atomic E-state index is -0.765. The van der Waals surface area contributed by atoms with Crippen molar-refractivity contribution in [1.29, 1.82) is 5.26 Å². The zero-order valence-electron chi connectivity index (χ0n) is 10.2. The van der Waals surface area contributed by atoms with Gasteiger partial charge in [0.1, 0.15) is 6.07 Å². The van der Waals surface area contributed by atoms with Crippen molar-refractivity contribution in [1.82, 2.24) is 0 Å². The summed E-state index contributed by atoms with van der Waals surface area (Å²) in [5.41, 5.74) is 3.57.